The van der Waals surface area contributed by atoms with E-state index in [1.807, 2.05) is 0 Å². The number of halogens is 3. The average Bonchev–Trinajstić information content (AvgIpc) is 2.15. The van der Waals surface area contributed by atoms with Crippen molar-refractivity contribution in [2.75, 3.05) is 0 Å². The van der Waals surface area contributed by atoms with Gasteiger partial charge in [-0.05, 0) is 13.3 Å². The standard InChI is InChI=1S/C6H8.3ClH.Zr/c1-6-4-2-3-5-6;;;;/h2,4-5H,3H2,1H3;3*1H;/q;;;;+3/p-3. The van der Waals surface area contributed by atoms with Gasteiger partial charge in [0, 0.05) is 0 Å². The van der Waals surface area contributed by atoms with Crippen molar-refractivity contribution in [3.63, 3.8) is 0 Å². The maximum atomic E-state index is 5.00. The second-order valence-corrected chi connectivity index (χ2v) is 13.0. The zero-order chi connectivity index (χ0) is 7.98. The van der Waals surface area contributed by atoms with Gasteiger partial charge in [0.2, 0.25) is 0 Å². The molecule has 0 bridgehead atoms. The SMILES string of the molecule is CC1=CCC=C1.[Cl][Zr]([Cl])[Cl]. The van der Waals surface area contributed by atoms with Crippen LogP contribution in [0.1, 0.15) is 13.3 Å². The maximum absolute atomic E-state index is 5.00. The minimum absolute atomic E-state index is 1.14. The van der Waals surface area contributed by atoms with E-state index in [4.69, 9.17) is 25.5 Å². The van der Waals surface area contributed by atoms with Gasteiger partial charge in [-0.1, -0.05) is 23.8 Å². The fraction of sp³-hybridized carbons (Fsp3) is 0.333. The Balaban J connectivity index is 0.000000180. The number of allylic oxidation sites excluding steroid dienone is 4. The predicted octanol–water partition coefficient (Wildman–Crippen LogP) is 3.96. The van der Waals surface area contributed by atoms with Crippen LogP contribution < -0.4 is 0 Å². The molecule has 0 radical (unpaired) electrons. The first kappa shape index (κ1) is 11.2. The van der Waals surface area contributed by atoms with Gasteiger partial charge in [-0.2, -0.15) is 0 Å². The fourth-order valence-electron chi connectivity index (χ4n) is 0.576. The summed E-state index contributed by atoms with van der Waals surface area (Å²) in [6.07, 6.45) is 7.65. The molecule has 1 rings (SSSR count). The van der Waals surface area contributed by atoms with E-state index >= 15 is 0 Å². The van der Waals surface area contributed by atoms with Gasteiger partial charge in [0.25, 0.3) is 0 Å². The van der Waals surface area contributed by atoms with E-state index in [0.29, 0.717) is 0 Å². The third kappa shape index (κ3) is 9.23. The van der Waals surface area contributed by atoms with Gasteiger partial charge in [0.15, 0.2) is 0 Å². The van der Waals surface area contributed by atoms with Gasteiger partial charge in [0.1, 0.15) is 0 Å². The Morgan fingerprint density at radius 2 is 1.90 bits per heavy atom. The van der Waals surface area contributed by atoms with Gasteiger partial charge in [-0.15, -0.1) is 0 Å². The van der Waals surface area contributed by atoms with Crippen LogP contribution in [0.4, 0.5) is 0 Å². The zero-order valence-corrected chi connectivity index (χ0v) is 10.3. The Kier molecular flexibility index (Phi) is 7.77. The molecule has 0 heterocycles. The molecule has 1 aliphatic rings. The molecule has 0 aromatic carbocycles. The van der Waals surface area contributed by atoms with E-state index in [1.165, 1.54) is 5.57 Å². The van der Waals surface area contributed by atoms with Crippen LogP contribution in [-0.4, -0.2) is 0 Å². The van der Waals surface area contributed by atoms with Gasteiger partial charge < -0.3 is 0 Å². The molecule has 57 valence electrons. The summed E-state index contributed by atoms with van der Waals surface area (Å²) in [6, 6.07) is 0. The summed E-state index contributed by atoms with van der Waals surface area (Å²) in [6.45, 7) is 2.11. The molecule has 0 saturated heterocycles. The molecule has 0 spiro atoms. The molecule has 0 unspecified atom stereocenters. The summed E-state index contributed by atoms with van der Waals surface area (Å²) in [7, 11) is 15.0. The quantitative estimate of drug-likeness (QED) is 0.629. The van der Waals surface area contributed by atoms with Gasteiger partial charge in [-0.3, -0.25) is 0 Å². The van der Waals surface area contributed by atoms with Crippen molar-refractivity contribution in [2.45, 2.75) is 13.3 Å². The Labute approximate surface area is 80.2 Å². The van der Waals surface area contributed by atoms with Crippen molar-refractivity contribution in [2.24, 2.45) is 0 Å². The van der Waals surface area contributed by atoms with Crippen molar-refractivity contribution < 1.29 is 18.2 Å². The van der Waals surface area contributed by atoms with Crippen molar-refractivity contribution in [1.82, 2.24) is 0 Å². The van der Waals surface area contributed by atoms with Crippen LogP contribution in [0.5, 0.6) is 0 Å². The summed E-state index contributed by atoms with van der Waals surface area (Å²) in [5.74, 6) is 0. The molecule has 0 nitrogen and oxygen atoms in total. The topological polar surface area (TPSA) is 0 Å². The van der Waals surface area contributed by atoms with Gasteiger partial charge in [0.05, 0.1) is 0 Å². The van der Waals surface area contributed by atoms with Crippen LogP contribution in [0.3, 0.4) is 0 Å². The number of rotatable bonds is 0. The number of hydrogen-bond donors (Lipinski definition) is 0. The average molecular weight is 278 g/mol. The monoisotopic (exact) mass is 275 g/mol. The van der Waals surface area contributed by atoms with Crippen LogP contribution in [0, 0.1) is 0 Å². The van der Waals surface area contributed by atoms with Crippen molar-refractivity contribution in [3.05, 3.63) is 23.8 Å². The predicted molar refractivity (Wildman–Crippen MR) is 45.1 cm³/mol. The first-order valence-corrected chi connectivity index (χ1v) is 12.3. The molecule has 0 aromatic heterocycles. The number of hydrogen-bond acceptors (Lipinski definition) is 0. The molecule has 10 heavy (non-hydrogen) atoms. The summed E-state index contributed by atoms with van der Waals surface area (Å²) < 4.78 is 0. The summed E-state index contributed by atoms with van der Waals surface area (Å²) >= 11 is -2.13. The molecule has 0 fully saturated rings. The van der Waals surface area contributed by atoms with E-state index in [-0.39, 0.29) is 0 Å². The minimum atomic E-state index is -2.13. The van der Waals surface area contributed by atoms with Gasteiger partial charge >= 0.3 is 43.7 Å². The van der Waals surface area contributed by atoms with Crippen LogP contribution >= 0.6 is 25.5 Å². The molecule has 0 atom stereocenters. The Morgan fingerprint density at radius 3 is 2.00 bits per heavy atom. The fourth-order valence-corrected chi connectivity index (χ4v) is 0.576. The molecule has 1 aliphatic carbocycles. The molecular formula is C6H8Cl3Zr. The molecule has 0 saturated carbocycles. The third-order valence-electron chi connectivity index (χ3n) is 0.957. The van der Waals surface area contributed by atoms with Crippen molar-refractivity contribution in [1.29, 1.82) is 0 Å². The van der Waals surface area contributed by atoms with Gasteiger partial charge in [-0.25, -0.2) is 0 Å². The van der Waals surface area contributed by atoms with Crippen LogP contribution in [0.25, 0.3) is 0 Å². The van der Waals surface area contributed by atoms with E-state index in [9.17, 15) is 0 Å². The van der Waals surface area contributed by atoms with E-state index in [2.05, 4.69) is 25.2 Å². The Morgan fingerprint density at radius 1 is 1.40 bits per heavy atom. The molecular weight excluding hydrogens is 270 g/mol. The van der Waals surface area contributed by atoms with Crippen LogP contribution in [0.15, 0.2) is 23.8 Å². The third-order valence-corrected chi connectivity index (χ3v) is 0.957. The first-order chi connectivity index (χ1) is 4.63. The van der Waals surface area contributed by atoms with E-state index < -0.39 is 18.2 Å². The van der Waals surface area contributed by atoms with Crippen LogP contribution in [-0.2, 0) is 18.2 Å². The second kappa shape index (κ2) is 6.91. The Bertz CT molecular complexity index is 134. The Hall–Kier alpha value is 1.23. The first-order valence-electron chi connectivity index (χ1n) is 2.79. The second-order valence-electron chi connectivity index (χ2n) is 1.80. The molecule has 0 amide bonds. The molecule has 0 aromatic rings. The summed E-state index contributed by atoms with van der Waals surface area (Å²) in [5.41, 5.74) is 1.40. The zero-order valence-electron chi connectivity index (χ0n) is 5.57. The normalized spacial score (nSPS) is 13.8. The van der Waals surface area contributed by atoms with Crippen molar-refractivity contribution >= 4 is 25.5 Å². The summed E-state index contributed by atoms with van der Waals surface area (Å²) in [4.78, 5) is 0. The molecule has 4 heteroatoms. The van der Waals surface area contributed by atoms with E-state index in [1.54, 1.807) is 0 Å². The van der Waals surface area contributed by atoms with Crippen molar-refractivity contribution in [3.8, 4) is 0 Å². The van der Waals surface area contributed by atoms with Crippen LogP contribution in [0.2, 0.25) is 0 Å². The molecule has 0 N–H and O–H groups in total. The van der Waals surface area contributed by atoms with E-state index in [0.717, 1.165) is 6.42 Å². The summed E-state index contributed by atoms with van der Waals surface area (Å²) in [5, 5.41) is 0. The molecule has 0 aliphatic heterocycles.